The first kappa shape index (κ1) is 19.2. The van der Waals surface area contributed by atoms with Crippen LogP contribution in [0.1, 0.15) is 21.5 Å². The molecule has 28 heavy (non-hydrogen) atoms. The monoisotopic (exact) mass is 374 g/mol. The van der Waals surface area contributed by atoms with Crippen LogP contribution in [0.15, 0.2) is 72.8 Å². The summed E-state index contributed by atoms with van der Waals surface area (Å²) in [5.74, 6) is 0.122. The van der Waals surface area contributed by atoms with E-state index in [0.29, 0.717) is 22.7 Å². The second-order valence-corrected chi connectivity index (χ2v) is 6.56. The summed E-state index contributed by atoms with van der Waals surface area (Å²) in [6.07, 6.45) is 0. The quantitative estimate of drug-likeness (QED) is 0.664. The molecule has 3 aromatic rings. The number of nitrogens with one attached hydrogen (secondary N) is 2. The fourth-order valence-electron chi connectivity index (χ4n) is 2.83. The van der Waals surface area contributed by atoms with Crippen molar-refractivity contribution in [2.24, 2.45) is 0 Å². The lowest BCUT2D eigenvalue weighted by molar-refractivity contribution is -0.118. The minimum absolute atomic E-state index is 0.108. The molecule has 3 aromatic carbocycles. The molecule has 5 heteroatoms. The number of para-hydroxylation sites is 1. The molecule has 0 aromatic heterocycles. The van der Waals surface area contributed by atoms with E-state index in [1.54, 1.807) is 24.3 Å². The number of hydrogen-bond donors (Lipinski definition) is 2. The normalized spacial score (nSPS) is 10.2. The highest BCUT2D eigenvalue weighted by molar-refractivity contribution is 6.05. The molecule has 0 saturated heterocycles. The predicted molar refractivity (Wildman–Crippen MR) is 111 cm³/mol. The van der Waals surface area contributed by atoms with Crippen LogP contribution in [-0.2, 0) is 4.79 Å². The summed E-state index contributed by atoms with van der Waals surface area (Å²) >= 11 is 0. The summed E-state index contributed by atoms with van der Waals surface area (Å²) in [4.78, 5) is 24.6. The van der Waals surface area contributed by atoms with Crippen molar-refractivity contribution < 1.29 is 14.3 Å². The van der Waals surface area contributed by atoms with Crippen LogP contribution in [-0.4, -0.2) is 18.4 Å². The van der Waals surface area contributed by atoms with E-state index in [4.69, 9.17) is 4.74 Å². The average Bonchev–Trinajstić information content (AvgIpc) is 2.67. The van der Waals surface area contributed by atoms with Crippen molar-refractivity contribution in [1.29, 1.82) is 0 Å². The Labute approximate surface area is 164 Å². The van der Waals surface area contributed by atoms with Gasteiger partial charge in [0.05, 0.1) is 0 Å². The molecule has 0 heterocycles. The van der Waals surface area contributed by atoms with E-state index in [1.165, 1.54) is 0 Å². The molecule has 0 bridgehead atoms. The highest BCUT2D eigenvalue weighted by Crippen LogP contribution is 2.17. The molecule has 0 aliphatic carbocycles. The number of carbonyl (C=O) groups is 2. The standard InChI is InChI=1S/C23H22N2O3/c1-16-11-17(2)13-21(12-16)28-15-22(26)24-20-10-6-7-18(14-20)23(27)25-19-8-4-3-5-9-19/h3-14H,15H2,1-2H3,(H,24,26)(H,25,27). The first-order valence-electron chi connectivity index (χ1n) is 8.97. The van der Waals surface area contributed by atoms with Gasteiger partial charge in [-0.2, -0.15) is 0 Å². The van der Waals surface area contributed by atoms with E-state index in [0.717, 1.165) is 11.1 Å². The minimum Gasteiger partial charge on any atom is -0.484 e. The van der Waals surface area contributed by atoms with Crippen LogP contribution in [0.2, 0.25) is 0 Å². The van der Waals surface area contributed by atoms with Gasteiger partial charge in [-0.15, -0.1) is 0 Å². The lowest BCUT2D eigenvalue weighted by Gasteiger charge is -2.10. The van der Waals surface area contributed by atoms with Crippen molar-refractivity contribution in [3.05, 3.63) is 89.5 Å². The number of hydrogen-bond acceptors (Lipinski definition) is 3. The van der Waals surface area contributed by atoms with Crippen LogP contribution in [0.4, 0.5) is 11.4 Å². The van der Waals surface area contributed by atoms with Crippen molar-refractivity contribution in [1.82, 2.24) is 0 Å². The van der Waals surface area contributed by atoms with Gasteiger partial charge in [-0.1, -0.05) is 30.3 Å². The minimum atomic E-state index is -0.292. The zero-order chi connectivity index (χ0) is 19.9. The molecule has 0 saturated carbocycles. The Hall–Kier alpha value is -3.60. The topological polar surface area (TPSA) is 67.4 Å². The van der Waals surface area contributed by atoms with Crippen molar-refractivity contribution >= 4 is 23.2 Å². The maximum absolute atomic E-state index is 12.4. The number of ether oxygens (including phenoxy) is 1. The van der Waals surface area contributed by atoms with Crippen molar-refractivity contribution in [3.8, 4) is 5.75 Å². The fraction of sp³-hybridized carbons (Fsp3) is 0.130. The molecule has 2 N–H and O–H groups in total. The smallest absolute Gasteiger partial charge is 0.262 e. The van der Waals surface area contributed by atoms with Gasteiger partial charge in [-0.05, 0) is 67.4 Å². The molecule has 3 rings (SSSR count). The number of amides is 2. The predicted octanol–water partition coefficient (Wildman–Crippen LogP) is 4.57. The molecule has 0 aliphatic rings. The highest BCUT2D eigenvalue weighted by Gasteiger charge is 2.09. The van der Waals surface area contributed by atoms with Crippen LogP contribution < -0.4 is 15.4 Å². The zero-order valence-electron chi connectivity index (χ0n) is 15.9. The van der Waals surface area contributed by atoms with Gasteiger partial charge in [0.2, 0.25) is 0 Å². The third-order valence-electron chi connectivity index (χ3n) is 4.01. The van der Waals surface area contributed by atoms with Gasteiger partial charge >= 0.3 is 0 Å². The molecule has 2 amide bonds. The first-order chi connectivity index (χ1) is 13.5. The summed E-state index contributed by atoms with van der Waals surface area (Å²) in [6.45, 7) is 3.85. The maximum atomic E-state index is 12.4. The Kier molecular flexibility index (Phi) is 6.07. The van der Waals surface area contributed by atoms with E-state index in [-0.39, 0.29) is 18.4 Å². The Morgan fingerprint density at radius 2 is 1.46 bits per heavy atom. The highest BCUT2D eigenvalue weighted by atomic mass is 16.5. The summed E-state index contributed by atoms with van der Waals surface area (Å²) in [7, 11) is 0. The summed E-state index contributed by atoms with van der Waals surface area (Å²) in [6, 6.07) is 21.8. The average molecular weight is 374 g/mol. The molecule has 142 valence electrons. The van der Waals surface area contributed by atoms with E-state index < -0.39 is 0 Å². The molecule has 0 atom stereocenters. The van der Waals surface area contributed by atoms with Crippen LogP contribution in [0.25, 0.3) is 0 Å². The van der Waals surface area contributed by atoms with E-state index in [2.05, 4.69) is 10.6 Å². The van der Waals surface area contributed by atoms with E-state index in [9.17, 15) is 9.59 Å². The largest absolute Gasteiger partial charge is 0.484 e. The third kappa shape index (κ3) is 5.45. The van der Waals surface area contributed by atoms with Gasteiger partial charge in [0.15, 0.2) is 6.61 Å². The van der Waals surface area contributed by atoms with Gasteiger partial charge in [0, 0.05) is 16.9 Å². The lowest BCUT2D eigenvalue weighted by Crippen LogP contribution is -2.20. The number of aryl methyl sites for hydroxylation is 2. The first-order valence-corrected chi connectivity index (χ1v) is 8.97. The number of carbonyl (C=O) groups excluding carboxylic acids is 2. The number of benzene rings is 3. The Bertz CT molecular complexity index is 964. The van der Waals surface area contributed by atoms with E-state index >= 15 is 0 Å². The Morgan fingerprint density at radius 1 is 0.786 bits per heavy atom. The molecule has 0 spiro atoms. The molecule has 0 unspecified atom stereocenters. The molecular weight excluding hydrogens is 352 g/mol. The molecule has 5 nitrogen and oxygen atoms in total. The molecule has 0 radical (unpaired) electrons. The van der Waals surface area contributed by atoms with Crippen LogP contribution in [0.3, 0.4) is 0 Å². The Balaban J connectivity index is 1.59. The summed E-state index contributed by atoms with van der Waals surface area (Å²) in [5.41, 5.74) is 3.86. The van der Waals surface area contributed by atoms with Crippen molar-refractivity contribution in [2.75, 3.05) is 17.2 Å². The summed E-state index contributed by atoms with van der Waals surface area (Å²) < 4.78 is 5.57. The van der Waals surface area contributed by atoms with Gasteiger partial charge in [0.25, 0.3) is 11.8 Å². The Morgan fingerprint density at radius 3 is 2.18 bits per heavy atom. The van der Waals surface area contributed by atoms with Gasteiger partial charge in [0.1, 0.15) is 5.75 Å². The van der Waals surface area contributed by atoms with Gasteiger partial charge in [-0.25, -0.2) is 0 Å². The zero-order valence-corrected chi connectivity index (χ0v) is 15.9. The van der Waals surface area contributed by atoms with Crippen molar-refractivity contribution in [3.63, 3.8) is 0 Å². The molecule has 0 fully saturated rings. The number of anilines is 2. The van der Waals surface area contributed by atoms with E-state index in [1.807, 2.05) is 62.4 Å². The van der Waals surface area contributed by atoms with Crippen LogP contribution in [0, 0.1) is 13.8 Å². The second kappa shape index (κ2) is 8.86. The number of rotatable bonds is 6. The second-order valence-electron chi connectivity index (χ2n) is 6.56. The lowest BCUT2D eigenvalue weighted by atomic mass is 10.1. The molecular formula is C23H22N2O3. The SMILES string of the molecule is Cc1cc(C)cc(OCC(=O)Nc2cccc(C(=O)Nc3ccccc3)c2)c1. The van der Waals surface area contributed by atoms with Gasteiger partial charge < -0.3 is 15.4 Å². The summed E-state index contributed by atoms with van der Waals surface area (Å²) in [5, 5.41) is 5.58. The van der Waals surface area contributed by atoms with Gasteiger partial charge in [-0.3, -0.25) is 9.59 Å². The van der Waals surface area contributed by atoms with Crippen LogP contribution >= 0.6 is 0 Å². The maximum Gasteiger partial charge on any atom is 0.262 e. The van der Waals surface area contributed by atoms with Crippen LogP contribution in [0.5, 0.6) is 5.75 Å². The fourth-order valence-corrected chi connectivity index (χ4v) is 2.83. The molecule has 0 aliphatic heterocycles. The third-order valence-corrected chi connectivity index (χ3v) is 4.01. The van der Waals surface area contributed by atoms with Crippen molar-refractivity contribution in [2.45, 2.75) is 13.8 Å².